The van der Waals surface area contributed by atoms with E-state index in [9.17, 15) is 0 Å². The lowest BCUT2D eigenvalue weighted by Gasteiger charge is -2.26. The Hall–Kier alpha value is -0.590. The van der Waals surface area contributed by atoms with E-state index in [4.69, 9.17) is 10.00 Å². The third-order valence-electron chi connectivity index (χ3n) is 4.27. The predicted molar refractivity (Wildman–Crippen MR) is 63.0 cm³/mol. The molecule has 0 aromatic rings. The van der Waals surface area contributed by atoms with Crippen LogP contribution in [-0.2, 0) is 4.74 Å². The molecule has 3 nitrogen and oxygen atoms in total. The van der Waals surface area contributed by atoms with Crippen LogP contribution in [0.2, 0.25) is 0 Å². The molecule has 0 aliphatic heterocycles. The van der Waals surface area contributed by atoms with Gasteiger partial charge in [-0.15, -0.1) is 0 Å². The average molecular weight is 222 g/mol. The largest absolute Gasteiger partial charge is 0.378 e. The van der Waals surface area contributed by atoms with Crippen LogP contribution in [0.3, 0.4) is 0 Å². The van der Waals surface area contributed by atoms with Gasteiger partial charge in [-0.3, -0.25) is 0 Å². The Balaban J connectivity index is 1.66. The van der Waals surface area contributed by atoms with Crippen LogP contribution in [0, 0.1) is 17.2 Å². The molecule has 0 heterocycles. The molecule has 0 radical (unpaired) electrons. The molecule has 0 bridgehead atoms. The lowest BCUT2D eigenvalue weighted by atomic mass is 9.83. The fourth-order valence-electron chi connectivity index (χ4n) is 2.71. The molecular formula is C13H22N2O. The molecule has 1 N–H and O–H groups in total. The maximum Gasteiger partial charge on any atom is 0.109 e. The first-order valence-electron chi connectivity index (χ1n) is 6.50. The second kappa shape index (κ2) is 5.16. The lowest BCUT2D eigenvalue weighted by molar-refractivity contribution is 0.0396. The highest BCUT2D eigenvalue weighted by atomic mass is 16.5. The van der Waals surface area contributed by atoms with E-state index in [1.165, 1.54) is 25.7 Å². The third kappa shape index (κ3) is 2.56. The van der Waals surface area contributed by atoms with Crippen LogP contribution in [0.15, 0.2) is 0 Å². The fourth-order valence-corrected chi connectivity index (χ4v) is 2.71. The maximum atomic E-state index is 9.13. The Morgan fingerprint density at radius 3 is 2.75 bits per heavy atom. The zero-order chi connectivity index (χ0) is 11.4. The van der Waals surface area contributed by atoms with E-state index in [0.29, 0.717) is 6.10 Å². The third-order valence-corrected chi connectivity index (χ3v) is 4.27. The van der Waals surface area contributed by atoms with Gasteiger partial charge in [0.05, 0.1) is 12.2 Å². The number of hydrogen-bond donors (Lipinski definition) is 1. The van der Waals surface area contributed by atoms with Gasteiger partial charge in [-0.2, -0.15) is 5.26 Å². The molecule has 2 aliphatic rings. The summed E-state index contributed by atoms with van der Waals surface area (Å²) in [6.45, 7) is 0.889. The number of rotatable bonds is 5. The summed E-state index contributed by atoms with van der Waals surface area (Å²) in [6.07, 6.45) is 8.52. The second-order valence-corrected chi connectivity index (χ2v) is 5.27. The number of nitrogens with zero attached hydrogens (tertiary/aromatic N) is 1. The van der Waals surface area contributed by atoms with Gasteiger partial charge >= 0.3 is 0 Å². The summed E-state index contributed by atoms with van der Waals surface area (Å²) in [5, 5.41) is 12.3. The van der Waals surface area contributed by atoms with Crippen LogP contribution in [0.25, 0.3) is 0 Å². The van der Waals surface area contributed by atoms with Gasteiger partial charge < -0.3 is 10.1 Å². The SMILES string of the molecule is CNC1(C#N)CCC(OCCC2CCC2)C1. The second-order valence-electron chi connectivity index (χ2n) is 5.27. The zero-order valence-corrected chi connectivity index (χ0v) is 10.2. The van der Waals surface area contributed by atoms with Crippen LogP contribution in [0.4, 0.5) is 0 Å². The lowest BCUT2D eigenvalue weighted by Crippen LogP contribution is -2.39. The summed E-state index contributed by atoms with van der Waals surface area (Å²) in [7, 11) is 1.87. The van der Waals surface area contributed by atoms with Crippen molar-refractivity contribution in [3.8, 4) is 6.07 Å². The van der Waals surface area contributed by atoms with E-state index in [2.05, 4.69) is 11.4 Å². The average Bonchev–Trinajstić information content (AvgIpc) is 2.66. The Kier molecular flexibility index (Phi) is 3.83. The van der Waals surface area contributed by atoms with Crippen molar-refractivity contribution in [2.75, 3.05) is 13.7 Å². The molecule has 0 aromatic heterocycles. The first-order chi connectivity index (χ1) is 7.78. The molecule has 2 rings (SSSR count). The van der Waals surface area contributed by atoms with Crippen LogP contribution in [0.5, 0.6) is 0 Å². The van der Waals surface area contributed by atoms with Gasteiger partial charge in [-0.25, -0.2) is 0 Å². The van der Waals surface area contributed by atoms with Gasteiger partial charge in [0.1, 0.15) is 5.54 Å². The molecule has 16 heavy (non-hydrogen) atoms. The Labute approximate surface area is 98.2 Å². The first kappa shape index (κ1) is 11.9. The molecular weight excluding hydrogens is 200 g/mol. The summed E-state index contributed by atoms with van der Waals surface area (Å²) in [5.41, 5.74) is -0.318. The van der Waals surface area contributed by atoms with Crippen LogP contribution in [-0.4, -0.2) is 25.3 Å². The number of nitrogens with one attached hydrogen (secondary N) is 1. The van der Waals surface area contributed by atoms with Crippen molar-refractivity contribution in [3.63, 3.8) is 0 Å². The van der Waals surface area contributed by atoms with E-state index in [1.807, 2.05) is 7.05 Å². The van der Waals surface area contributed by atoms with Gasteiger partial charge in [0.2, 0.25) is 0 Å². The molecule has 0 saturated heterocycles. The summed E-state index contributed by atoms with van der Waals surface area (Å²) in [5.74, 6) is 0.923. The number of ether oxygens (including phenoxy) is 1. The van der Waals surface area contributed by atoms with Crippen LogP contribution >= 0.6 is 0 Å². The van der Waals surface area contributed by atoms with Gasteiger partial charge in [0.15, 0.2) is 0 Å². The smallest absolute Gasteiger partial charge is 0.109 e. The Morgan fingerprint density at radius 2 is 2.25 bits per heavy atom. The zero-order valence-electron chi connectivity index (χ0n) is 10.2. The Morgan fingerprint density at radius 1 is 1.44 bits per heavy atom. The van der Waals surface area contributed by atoms with Crippen molar-refractivity contribution < 1.29 is 4.74 Å². The standard InChI is InChI=1S/C13H22N2O/c1-15-13(10-14)7-5-12(9-13)16-8-6-11-3-2-4-11/h11-12,15H,2-9H2,1H3. The molecule has 2 saturated carbocycles. The van der Waals surface area contributed by atoms with E-state index < -0.39 is 0 Å². The topological polar surface area (TPSA) is 45.0 Å². The molecule has 0 aromatic carbocycles. The van der Waals surface area contributed by atoms with Crippen molar-refractivity contribution >= 4 is 0 Å². The minimum Gasteiger partial charge on any atom is -0.378 e. The minimum atomic E-state index is -0.318. The highest BCUT2D eigenvalue weighted by Crippen LogP contribution is 2.33. The summed E-state index contributed by atoms with van der Waals surface area (Å²) in [6, 6.07) is 2.39. The van der Waals surface area contributed by atoms with Crippen molar-refractivity contribution in [2.45, 2.75) is 56.6 Å². The van der Waals surface area contributed by atoms with Gasteiger partial charge in [0, 0.05) is 13.0 Å². The molecule has 2 atom stereocenters. The summed E-state index contributed by atoms with van der Waals surface area (Å²) >= 11 is 0. The fraction of sp³-hybridized carbons (Fsp3) is 0.923. The van der Waals surface area contributed by atoms with Gasteiger partial charge in [-0.05, 0) is 32.2 Å². The molecule has 90 valence electrons. The molecule has 0 amide bonds. The predicted octanol–water partition coefficient (Wildman–Crippen LogP) is 2.23. The quantitative estimate of drug-likeness (QED) is 0.776. The highest BCUT2D eigenvalue weighted by Gasteiger charge is 2.38. The highest BCUT2D eigenvalue weighted by molar-refractivity contribution is 5.11. The molecule has 0 spiro atoms. The normalized spacial score (nSPS) is 34.6. The monoisotopic (exact) mass is 222 g/mol. The molecule has 2 aliphatic carbocycles. The van der Waals surface area contributed by atoms with E-state index in [-0.39, 0.29) is 5.54 Å². The number of hydrogen-bond acceptors (Lipinski definition) is 3. The summed E-state index contributed by atoms with van der Waals surface area (Å²) in [4.78, 5) is 0. The Bertz CT molecular complexity index is 270. The van der Waals surface area contributed by atoms with Gasteiger partial charge in [-0.1, -0.05) is 19.3 Å². The van der Waals surface area contributed by atoms with Crippen molar-refractivity contribution in [2.24, 2.45) is 5.92 Å². The van der Waals surface area contributed by atoms with E-state index >= 15 is 0 Å². The first-order valence-corrected chi connectivity index (χ1v) is 6.50. The minimum absolute atomic E-state index is 0.298. The summed E-state index contributed by atoms with van der Waals surface area (Å²) < 4.78 is 5.88. The van der Waals surface area contributed by atoms with E-state index in [1.54, 1.807) is 0 Å². The van der Waals surface area contributed by atoms with Crippen molar-refractivity contribution in [1.82, 2.24) is 5.32 Å². The molecule has 2 fully saturated rings. The van der Waals surface area contributed by atoms with Crippen molar-refractivity contribution in [1.29, 1.82) is 5.26 Å². The molecule has 3 heteroatoms. The number of nitriles is 1. The van der Waals surface area contributed by atoms with Crippen LogP contribution in [0.1, 0.15) is 44.9 Å². The van der Waals surface area contributed by atoms with Crippen LogP contribution < -0.4 is 5.32 Å². The van der Waals surface area contributed by atoms with Crippen molar-refractivity contribution in [3.05, 3.63) is 0 Å². The van der Waals surface area contributed by atoms with Gasteiger partial charge in [0.25, 0.3) is 0 Å². The van der Waals surface area contributed by atoms with E-state index in [0.717, 1.165) is 31.8 Å². The molecule has 2 unspecified atom stereocenters. The maximum absolute atomic E-state index is 9.13.